The zero-order chi connectivity index (χ0) is 14.4. The number of carbonyl (C=O) groups is 2. The molecular weight excluding hydrogens is 257 g/mol. The molecule has 1 aromatic carbocycles. The number of hydrogen-bond acceptors (Lipinski definition) is 4. The van der Waals surface area contributed by atoms with Crippen molar-refractivity contribution in [3.8, 4) is 5.75 Å². The number of carboxylic acid groups (broad SMARTS) is 1. The van der Waals surface area contributed by atoms with Gasteiger partial charge >= 0.3 is 5.97 Å². The van der Waals surface area contributed by atoms with Gasteiger partial charge in [0.15, 0.2) is 12.2 Å². The topological polar surface area (TPSA) is 95.9 Å². The van der Waals surface area contributed by atoms with E-state index in [1.165, 1.54) is 25.1 Å². The molecule has 0 aliphatic rings. The van der Waals surface area contributed by atoms with Crippen molar-refractivity contribution in [2.24, 2.45) is 0 Å². The van der Waals surface area contributed by atoms with E-state index in [0.29, 0.717) is 0 Å². The molecule has 0 aromatic heterocycles. The van der Waals surface area contributed by atoms with E-state index in [2.05, 4.69) is 5.32 Å². The van der Waals surface area contributed by atoms with E-state index >= 15 is 0 Å². The van der Waals surface area contributed by atoms with Crippen LogP contribution in [0, 0.1) is 5.82 Å². The maximum absolute atomic E-state index is 12.9. The number of aliphatic carboxylic acids is 1. The average molecular weight is 271 g/mol. The molecule has 0 bridgehead atoms. The van der Waals surface area contributed by atoms with E-state index in [-0.39, 0.29) is 5.75 Å². The Bertz CT molecular complexity index is 465. The van der Waals surface area contributed by atoms with Gasteiger partial charge in [-0.15, -0.1) is 0 Å². The number of nitrogens with one attached hydrogen (secondary N) is 1. The van der Waals surface area contributed by atoms with Gasteiger partial charge < -0.3 is 20.3 Å². The maximum Gasteiger partial charge on any atom is 0.334 e. The fourth-order valence-corrected chi connectivity index (χ4v) is 1.23. The Morgan fingerprint density at radius 2 is 2.16 bits per heavy atom. The van der Waals surface area contributed by atoms with Crippen LogP contribution in [-0.4, -0.2) is 40.8 Å². The van der Waals surface area contributed by atoms with Gasteiger partial charge in [0.25, 0.3) is 5.91 Å². The lowest BCUT2D eigenvalue weighted by Gasteiger charge is -2.15. The molecule has 0 fully saturated rings. The number of rotatable bonds is 6. The molecule has 1 unspecified atom stereocenters. The molecule has 3 N–H and O–H groups in total. The molecule has 2 atom stereocenters. The molecular formula is C12H14FNO5. The molecule has 0 saturated carbocycles. The monoisotopic (exact) mass is 271 g/mol. The zero-order valence-corrected chi connectivity index (χ0v) is 10.2. The molecule has 19 heavy (non-hydrogen) atoms. The van der Waals surface area contributed by atoms with E-state index in [9.17, 15) is 14.0 Å². The first-order valence-corrected chi connectivity index (χ1v) is 5.51. The van der Waals surface area contributed by atoms with Crippen LogP contribution in [0.2, 0.25) is 0 Å². The molecule has 0 aliphatic heterocycles. The van der Waals surface area contributed by atoms with E-state index in [1.54, 1.807) is 0 Å². The van der Waals surface area contributed by atoms with Gasteiger partial charge in [-0.3, -0.25) is 4.79 Å². The second-order valence-corrected chi connectivity index (χ2v) is 3.82. The maximum atomic E-state index is 12.9. The van der Waals surface area contributed by atoms with E-state index in [4.69, 9.17) is 14.9 Å². The van der Waals surface area contributed by atoms with E-state index < -0.39 is 36.4 Å². The first-order chi connectivity index (χ1) is 8.90. The van der Waals surface area contributed by atoms with Crippen molar-refractivity contribution < 1.29 is 28.9 Å². The van der Waals surface area contributed by atoms with Gasteiger partial charge in [0.05, 0.1) is 6.54 Å². The smallest absolute Gasteiger partial charge is 0.334 e. The second-order valence-electron chi connectivity index (χ2n) is 3.82. The molecule has 0 spiro atoms. The minimum absolute atomic E-state index is 0.182. The van der Waals surface area contributed by atoms with Gasteiger partial charge in [-0.05, 0) is 19.1 Å². The van der Waals surface area contributed by atoms with Crippen molar-refractivity contribution in [1.29, 1.82) is 0 Å². The van der Waals surface area contributed by atoms with Crippen molar-refractivity contribution in [3.63, 3.8) is 0 Å². The number of halogens is 1. The standard InChI is InChI=1S/C12H14FNO5/c1-7(11(16)14-6-10(15)12(17)18)19-9-4-2-3-8(13)5-9/h2-5,7,10,15H,6H2,1H3,(H,14,16)(H,17,18)/t7?,10-/m0/s1. The summed E-state index contributed by atoms with van der Waals surface area (Å²) >= 11 is 0. The lowest BCUT2D eigenvalue weighted by atomic mass is 10.3. The summed E-state index contributed by atoms with van der Waals surface area (Å²) in [7, 11) is 0. The quantitative estimate of drug-likeness (QED) is 0.684. The summed E-state index contributed by atoms with van der Waals surface area (Å²) in [6.45, 7) is 0.998. The number of ether oxygens (including phenoxy) is 1. The van der Waals surface area contributed by atoms with Crippen molar-refractivity contribution in [1.82, 2.24) is 5.32 Å². The molecule has 0 heterocycles. The van der Waals surface area contributed by atoms with Gasteiger partial charge in [0, 0.05) is 6.07 Å². The summed E-state index contributed by atoms with van der Waals surface area (Å²) in [5, 5.41) is 19.6. The van der Waals surface area contributed by atoms with Crippen molar-refractivity contribution >= 4 is 11.9 Å². The number of carbonyl (C=O) groups excluding carboxylic acids is 1. The summed E-state index contributed by atoms with van der Waals surface area (Å²) in [5.41, 5.74) is 0. The third-order valence-corrected chi connectivity index (χ3v) is 2.23. The SMILES string of the molecule is CC(Oc1cccc(F)c1)C(=O)NC[C@H](O)C(=O)O. The molecule has 1 rings (SSSR count). The largest absolute Gasteiger partial charge is 0.481 e. The summed E-state index contributed by atoms with van der Waals surface area (Å²) < 4.78 is 18.1. The Morgan fingerprint density at radius 1 is 1.47 bits per heavy atom. The summed E-state index contributed by atoms with van der Waals surface area (Å²) in [6.07, 6.45) is -2.62. The van der Waals surface area contributed by atoms with Gasteiger partial charge in [0.1, 0.15) is 11.6 Å². The normalized spacial score (nSPS) is 13.4. The highest BCUT2D eigenvalue weighted by Gasteiger charge is 2.18. The minimum Gasteiger partial charge on any atom is -0.481 e. The molecule has 1 amide bonds. The Morgan fingerprint density at radius 3 is 2.74 bits per heavy atom. The highest BCUT2D eigenvalue weighted by molar-refractivity contribution is 5.81. The van der Waals surface area contributed by atoms with Crippen LogP contribution in [0.1, 0.15) is 6.92 Å². The Labute approximate surface area is 108 Å². The molecule has 6 nitrogen and oxygen atoms in total. The Kier molecular flexibility index (Phi) is 5.25. The molecule has 0 aliphatic carbocycles. The van der Waals surface area contributed by atoms with Crippen molar-refractivity contribution in [2.45, 2.75) is 19.1 Å². The lowest BCUT2D eigenvalue weighted by Crippen LogP contribution is -2.42. The van der Waals surface area contributed by atoms with E-state index in [1.807, 2.05) is 0 Å². The van der Waals surface area contributed by atoms with Crippen LogP contribution in [-0.2, 0) is 9.59 Å². The highest BCUT2D eigenvalue weighted by Crippen LogP contribution is 2.13. The van der Waals surface area contributed by atoms with Gasteiger partial charge in [-0.2, -0.15) is 0 Å². The number of aliphatic hydroxyl groups is 1. The number of aliphatic hydroxyl groups excluding tert-OH is 1. The van der Waals surface area contributed by atoms with Crippen molar-refractivity contribution in [2.75, 3.05) is 6.54 Å². The predicted molar refractivity (Wildman–Crippen MR) is 63.1 cm³/mol. The fraction of sp³-hybridized carbons (Fsp3) is 0.333. The number of benzene rings is 1. The van der Waals surface area contributed by atoms with Gasteiger partial charge in [0.2, 0.25) is 0 Å². The Hall–Kier alpha value is -2.15. The molecule has 0 radical (unpaired) electrons. The molecule has 1 aromatic rings. The summed E-state index contributed by atoms with van der Waals surface area (Å²) in [6, 6.07) is 5.28. The minimum atomic E-state index is -1.68. The second kappa shape index (κ2) is 6.69. The molecule has 0 saturated heterocycles. The first kappa shape index (κ1) is 14.9. The van der Waals surface area contributed by atoms with Crippen LogP contribution in [0.15, 0.2) is 24.3 Å². The van der Waals surface area contributed by atoms with E-state index in [0.717, 1.165) is 6.07 Å². The van der Waals surface area contributed by atoms with Gasteiger partial charge in [-0.1, -0.05) is 6.07 Å². The number of carboxylic acids is 1. The fourth-order valence-electron chi connectivity index (χ4n) is 1.23. The third-order valence-electron chi connectivity index (χ3n) is 2.23. The Balaban J connectivity index is 2.47. The highest BCUT2D eigenvalue weighted by atomic mass is 19.1. The molecule has 7 heteroatoms. The van der Waals surface area contributed by atoms with Crippen LogP contribution in [0.3, 0.4) is 0 Å². The number of amides is 1. The van der Waals surface area contributed by atoms with Crippen LogP contribution < -0.4 is 10.1 Å². The predicted octanol–water partition coefficient (Wildman–Crippen LogP) is 0.155. The molecule has 104 valence electrons. The zero-order valence-electron chi connectivity index (χ0n) is 10.2. The van der Waals surface area contributed by atoms with Crippen LogP contribution in [0.5, 0.6) is 5.75 Å². The van der Waals surface area contributed by atoms with Gasteiger partial charge in [-0.25, -0.2) is 9.18 Å². The van der Waals surface area contributed by atoms with Crippen LogP contribution in [0.4, 0.5) is 4.39 Å². The lowest BCUT2D eigenvalue weighted by molar-refractivity contribution is -0.146. The third kappa shape index (κ3) is 4.92. The average Bonchev–Trinajstić information content (AvgIpc) is 2.35. The van der Waals surface area contributed by atoms with Crippen molar-refractivity contribution in [3.05, 3.63) is 30.1 Å². The first-order valence-electron chi connectivity index (χ1n) is 5.51. The van der Waals surface area contributed by atoms with Crippen LogP contribution >= 0.6 is 0 Å². The summed E-state index contributed by atoms with van der Waals surface area (Å²) in [5.74, 6) is -2.35. The number of hydrogen-bond donors (Lipinski definition) is 3. The summed E-state index contributed by atoms with van der Waals surface area (Å²) in [4.78, 5) is 21.9. The van der Waals surface area contributed by atoms with Crippen LogP contribution in [0.25, 0.3) is 0 Å².